The molecule has 0 aliphatic carbocycles. The van der Waals surface area contributed by atoms with Gasteiger partial charge >= 0.3 is 17.2 Å². The number of hydrogen-bond acceptors (Lipinski definition) is 8. The summed E-state index contributed by atoms with van der Waals surface area (Å²) in [7, 11) is -2.84. The predicted molar refractivity (Wildman–Crippen MR) is 261 cm³/mol. The number of carbonyl (C=O) groups is 1. The summed E-state index contributed by atoms with van der Waals surface area (Å²) in [6.45, 7) is 25.5. The van der Waals surface area contributed by atoms with Gasteiger partial charge in [-0.3, -0.25) is 4.79 Å². The van der Waals surface area contributed by atoms with Crippen LogP contribution in [0.25, 0.3) is 0 Å². The molecule has 336 valence electrons. The van der Waals surface area contributed by atoms with Crippen LogP contribution in [0.1, 0.15) is 121 Å². The van der Waals surface area contributed by atoms with Gasteiger partial charge in [-0.1, -0.05) is 168 Å². The highest BCUT2D eigenvalue weighted by Crippen LogP contribution is 2.50. The lowest BCUT2D eigenvalue weighted by Gasteiger charge is -2.27. The summed E-state index contributed by atoms with van der Waals surface area (Å²) < 4.78 is 46.1. The molecule has 0 heterocycles. The van der Waals surface area contributed by atoms with Gasteiger partial charge in [-0.25, -0.2) is 0 Å². The van der Waals surface area contributed by atoms with E-state index in [0.717, 1.165) is 22.3 Å². The molecule has 8 nitrogen and oxygen atoms in total. The van der Waals surface area contributed by atoms with Crippen molar-refractivity contribution in [3.63, 3.8) is 0 Å². The highest BCUT2D eigenvalue weighted by atomic mass is 31.2. The lowest BCUT2D eigenvalue weighted by molar-refractivity contribution is 0.103. The van der Waals surface area contributed by atoms with Crippen molar-refractivity contribution in [3.8, 4) is 40.2 Å². The van der Waals surface area contributed by atoms with Gasteiger partial charge in [-0.05, 0) is 70.2 Å². The van der Waals surface area contributed by atoms with E-state index in [4.69, 9.17) is 31.9 Å². The van der Waals surface area contributed by atoms with Gasteiger partial charge in [-0.15, -0.1) is 0 Å². The normalized spacial score (nSPS) is 12.2. The van der Waals surface area contributed by atoms with Crippen LogP contribution in [0.3, 0.4) is 0 Å². The Morgan fingerprint density at radius 1 is 0.359 bits per heavy atom. The molecule has 0 unspecified atom stereocenters. The maximum absolute atomic E-state index is 15.1. The lowest BCUT2D eigenvalue weighted by atomic mass is 9.86. The fourth-order valence-electron chi connectivity index (χ4n) is 7.03. The van der Waals surface area contributed by atoms with E-state index in [9.17, 15) is 0 Å². The van der Waals surface area contributed by atoms with Gasteiger partial charge in [0.05, 0.1) is 18.2 Å². The molecule has 0 saturated carbocycles. The number of carbonyl (C=O) groups excluding carboxylic acids is 1. The van der Waals surface area contributed by atoms with Gasteiger partial charge in [0.25, 0.3) is 0 Å². The molecular weight excluding hydrogens is 839 g/mol. The van der Waals surface area contributed by atoms with Gasteiger partial charge in [-0.2, -0.15) is 0 Å². The third-order valence-corrected chi connectivity index (χ3v) is 12.5. The molecule has 0 amide bonds. The largest absolute Gasteiger partial charge is 0.530 e. The van der Waals surface area contributed by atoms with Crippen LogP contribution >= 0.6 is 17.2 Å². The molecule has 0 aliphatic rings. The highest BCUT2D eigenvalue weighted by Gasteiger charge is 2.33. The number of rotatable bonds is 15. The summed E-state index contributed by atoms with van der Waals surface area (Å²) in [5, 5.41) is 0. The Bertz CT molecular complexity index is 2420. The summed E-state index contributed by atoms with van der Waals surface area (Å²) in [6, 6.07) is 43.6. The van der Waals surface area contributed by atoms with Crippen molar-refractivity contribution in [1.82, 2.24) is 0 Å². The quantitative estimate of drug-likeness (QED) is 0.0745. The van der Waals surface area contributed by atoms with E-state index < -0.39 is 17.2 Å². The topological polar surface area (TPSA) is 81.7 Å². The fraction of sp³-hybridized carbons (Fsp3) is 0.315. The number of ketones is 1. The molecular formula is C54H62O8P2. The minimum atomic E-state index is -2.22. The molecule has 6 rings (SSSR count). The summed E-state index contributed by atoms with van der Waals surface area (Å²) in [4.78, 5) is 15.1. The number of ether oxygens (including phenoxy) is 1. The Kier molecular flexibility index (Phi) is 14.7. The van der Waals surface area contributed by atoms with Crippen LogP contribution in [0.5, 0.6) is 40.2 Å². The zero-order valence-electron chi connectivity index (χ0n) is 39.4. The van der Waals surface area contributed by atoms with Gasteiger partial charge < -0.3 is 31.9 Å². The molecule has 6 aromatic carbocycles. The zero-order valence-corrected chi connectivity index (χ0v) is 41.2. The monoisotopic (exact) mass is 900 g/mol. The second-order valence-corrected chi connectivity index (χ2v) is 21.7. The van der Waals surface area contributed by atoms with Crippen molar-refractivity contribution in [2.75, 3.05) is 7.11 Å². The van der Waals surface area contributed by atoms with E-state index in [1.54, 1.807) is 43.5 Å². The van der Waals surface area contributed by atoms with E-state index in [1.165, 1.54) is 0 Å². The van der Waals surface area contributed by atoms with E-state index in [0.29, 0.717) is 28.7 Å². The molecule has 0 aromatic heterocycles. The average Bonchev–Trinajstić information content (AvgIpc) is 3.23. The molecule has 0 bridgehead atoms. The Hall–Kier alpha value is -5.55. The molecule has 6 aromatic rings. The molecule has 0 spiro atoms. The van der Waals surface area contributed by atoms with Gasteiger partial charge in [0, 0.05) is 28.3 Å². The maximum atomic E-state index is 15.1. The third-order valence-electron chi connectivity index (χ3n) is 10.4. The van der Waals surface area contributed by atoms with Gasteiger partial charge in [0.2, 0.25) is 5.78 Å². The van der Waals surface area contributed by atoms with Crippen LogP contribution in [-0.4, -0.2) is 12.9 Å². The van der Waals surface area contributed by atoms with Crippen LogP contribution in [0, 0.1) is 0 Å². The Morgan fingerprint density at radius 3 is 0.984 bits per heavy atom. The summed E-state index contributed by atoms with van der Waals surface area (Å²) >= 11 is 0. The van der Waals surface area contributed by atoms with Crippen LogP contribution in [-0.2, 0) is 21.7 Å². The number of hydrogen-bond donors (Lipinski definition) is 0. The van der Waals surface area contributed by atoms with Crippen LogP contribution in [0.4, 0.5) is 0 Å². The Morgan fingerprint density at radius 2 is 0.641 bits per heavy atom. The minimum absolute atomic E-state index is 0.208. The molecule has 0 fully saturated rings. The average molecular weight is 901 g/mol. The lowest BCUT2D eigenvalue weighted by Crippen LogP contribution is -2.16. The number of para-hydroxylation sites is 5. The van der Waals surface area contributed by atoms with Crippen molar-refractivity contribution >= 4 is 23.0 Å². The first-order valence-electron chi connectivity index (χ1n) is 21.5. The fourth-order valence-corrected chi connectivity index (χ4v) is 9.16. The summed E-state index contributed by atoms with van der Waals surface area (Å²) in [5.74, 6) is 3.06. The van der Waals surface area contributed by atoms with Crippen molar-refractivity contribution in [2.24, 2.45) is 0 Å². The zero-order chi connectivity index (χ0) is 46.5. The molecule has 64 heavy (non-hydrogen) atoms. The molecule has 0 saturated heterocycles. The second-order valence-electron chi connectivity index (χ2n) is 19.7. The van der Waals surface area contributed by atoms with Crippen molar-refractivity contribution in [2.45, 2.75) is 105 Å². The van der Waals surface area contributed by atoms with Gasteiger partial charge in [0.15, 0.2) is 0 Å². The SMILES string of the molecule is COc1ccc(C(=O)c2ccccc2OP(Oc2ccccc2C(C)(C)C)Oc2ccccc2C(C)(C)C)c(OP(Oc2ccccc2C(C)(C)C)Oc2ccccc2C(C)(C)C)c1. The molecule has 0 N–H and O–H groups in total. The predicted octanol–water partition coefficient (Wildman–Crippen LogP) is 15.6. The second kappa shape index (κ2) is 19.7. The molecule has 0 atom stereocenters. The van der Waals surface area contributed by atoms with Gasteiger partial charge in [0.1, 0.15) is 40.2 Å². The number of benzene rings is 6. The third kappa shape index (κ3) is 12.0. The van der Waals surface area contributed by atoms with Crippen molar-refractivity contribution in [1.29, 1.82) is 0 Å². The van der Waals surface area contributed by atoms with Crippen LogP contribution in [0.15, 0.2) is 140 Å². The Labute approximate surface area is 383 Å². The molecule has 0 radical (unpaired) electrons. The summed E-state index contributed by atoms with van der Waals surface area (Å²) in [6.07, 6.45) is 0. The molecule has 0 aliphatic heterocycles. The summed E-state index contributed by atoms with van der Waals surface area (Å²) in [5.41, 5.74) is 3.45. The first-order valence-corrected chi connectivity index (χ1v) is 23.7. The smallest absolute Gasteiger partial charge is 0.497 e. The Balaban J connectivity index is 1.42. The van der Waals surface area contributed by atoms with Crippen LogP contribution < -0.4 is 31.9 Å². The first-order chi connectivity index (χ1) is 30.1. The van der Waals surface area contributed by atoms with Crippen molar-refractivity contribution in [3.05, 3.63) is 173 Å². The molecule has 10 heteroatoms. The van der Waals surface area contributed by atoms with E-state index in [2.05, 4.69) is 83.1 Å². The van der Waals surface area contributed by atoms with Crippen molar-refractivity contribution < 1.29 is 36.7 Å². The number of methoxy groups -OCH3 is 1. The first kappa shape index (κ1) is 47.9. The standard InChI is InChI=1S/C54H62O8P2/c1-51(2,3)40-25-15-20-30-45(40)58-63(59-46-31-21-16-26-41(46)52(4,5)6)57-44-29-19-14-24-38(44)50(55)39-35-34-37(56-13)36-49(39)62-64(60-47-32-22-17-27-42(47)53(7,8)9)61-48-33-23-18-28-43(48)54(10,11)12/h14-36H,1-13H3. The van der Waals surface area contributed by atoms with E-state index in [-0.39, 0.29) is 50.1 Å². The van der Waals surface area contributed by atoms with Crippen LogP contribution in [0.2, 0.25) is 0 Å². The van der Waals surface area contributed by atoms with E-state index in [1.807, 2.05) is 103 Å². The maximum Gasteiger partial charge on any atom is 0.530 e. The van der Waals surface area contributed by atoms with E-state index >= 15 is 4.79 Å². The minimum Gasteiger partial charge on any atom is -0.497 e. The highest BCUT2D eigenvalue weighted by molar-refractivity contribution is 7.43.